The summed E-state index contributed by atoms with van der Waals surface area (Å²) in [6.07, 6.45) is 1.06. The van der Waals surface area contributed by atoms with Gasteiger partial charge < -0.3 is 5.32 Å². The Hall–Kier alpha value is -0.750. The number of H-pyrrole nitrogens is 1. The number of nitrogens with one attached hydrogen (secondary N) is 2. The summed E-state index contributed by atoms with van der Waals surface area (Å²) in [6.45, 7) is 11.4. The highest BCUT2D eigenvalue weighted by Crippen LogP contribution is 2.17. The second kappa shape index (κ2) is 6.43. The average molecular weight is 272 g/mol. The van der Waals surface area contributed by atoms with Crippen molar-refractivity contribution >= 4 is 11.8 Å². The number of rotatable bonds is 6. The van der Waals surface area contributed by atoms with Gasteiger partial charge in [-0.3, -0.25) is 4.57 Å². The molecule has 1 aromatic heterocycles. The van der Waals surface area contributed by atoms with E-state index in [4.69, 9.17) is 0 Å². The summed E-state index contributed by atoms with van der Waals surface area (Å²) >= 11 is 1.63. The first-order chi connectivity index (χ1) is 8.31. The van der Waals surface area contributed by atoms with Crippen molar-refractivity contribution < 1.29 is 0 Å². The maximum absolute atomic E-state index is 11.5. The normalized spacial score (nSPS) is 12.3. The Morgan fingerprint density at radius 2 is 2.11 bits per heavy atom. The highest BCUT2D eigenvalue weighted by atomic mass is 32.2. The zero-order chi connectivity index (χ0) is 13.8. The summed E-state index contributed by atoms with van der Waals surface area (Å²) < 4.78 is 1.70. The van der Waals surface area contributed by atoms with Crippen LogP contribution in [0.4, 0.5) is 0 Å². The van der Waals surface area contributed by atoms with Gasteiger partial charge in [0.1, 0.15) is 0 Å². The Labute approximate surface area is 113 Å². The molecule has 0 saturated heterocycles. The lowest BCUT2D eigenvalue weighted by Gasteiger charge is -2.20. The third-order valence-corrected chi connectivity index (χ3v) is 3.44. The second-order valence-electron chi connectivity index (χ2n) is 5.65. The summed E-state index contributed by atoms with van der Waals surface area (Å²) in [7, 11) is 0. The van der Waals surface area contributed by atoms with Crippen LogP contribution in [0.2, 0.25) is 0 Å². The van der Waals surface area contributed by atoms with Crippen molar-refractivity contribution in [2.45, 2.75) is 57.8 Å². The Bertz CT molecular complexity index is 416. The highest BCUT2D eigenvalue weighted by molar-refractivity contribution is 7.99. The Morgan fingerprint density at radius 1 is 1.44 bits per heavy atom. The fourth-order valence-corrected chi connectivity index (χ4v) is 2.56. The number of thioether (sulfide) groups is 1. The van der Waals surface area contributed by atoms with Gasteiger partial charge in [-0.15, -0.1) is 5.10 Å². The van der Waals surface area contributed by atoms with Gasteiger partial charge >= 0.3 is 5.69 Å². The van der Waals surface area contributed by atoms with Crippen molar-refractivity contribution in [2.24, 2.45) is 0 Å². The van der Waals surface area contributed by atoms with Crippen LogP contribution in [0, 0.1) is 0 Å². The van der Waals surface area contributed by atoms with E-state index >= 15 is 0 Å². The molecule has 0 saturated carbocycles. The van der Waals surface area contributed by atoms with E-state index in [9.17, 15) is 4.79 Å². The number of aromatic nitrogens is 3. The minimum absolute atomic E-state index is 0.125. The largest absolute Gasteiger partial charge is 0.344 e. The summed E-state index contributed by atoms with van der Waals surface area (Å²) in [4.78, 5) is 11.5. The van der Waals surface area contributed by atoms with Gasteiger partial charge in [0.25, 0.3) is 0 Å². The first-order valence-electron chi connectivity index (χ1n) is 6.36. The Kier molecular flexibility index (Phi) is 5.47. The first kappa shape index (κ1) is 15.3. The van der Waals surface area contributed by atoms with E-state index in [-0.39, 0.29) is 17.3 Å². The third-order valence-electron chi connectivity index (χ3n) is 2.40. The van der Waals surface area contributed by atoms with E-state index in [2.05, 4.69) is 36.3 Å². The molecule has 6 heteroatoms. The molecule has 2 N–H and O–H groups in total. The van der Waals surface area contributed by atoms with Crippen molar-refractivity contribution in [3.05, 3.63) is 10.5 Å². The lowest BCUT2D eigenvalue weighted by atomic mass is 10.1. The molecule has 0 unspecified atom stereocenters. The molecule has 0 aliphatic carbocycles. The summed E-state index contributed by atoms with van der Waals surface area (Å²) in [6, 6.07) is 0.145. The van der Waals surface area contributed by atoms with Crippen molar-refractivity contribution in [3.8, 4) is 0 Å². The molecule has 0 aliphatic rings. The molecule has 1 heterocycles. The van der Waals surface area contributed by atoms with E-state index in [1.54, 1.807) is 16.3 Å². The molecule has 1 rings (SSSR count). The Morgan fingerprint density at radius 3 is 2.67 bits per heavy atom. The number of aromatic amines is 1. The van der Waals surface area contributed by atoms with Crippen molar-refractivity contribution in [1.29, 1.82) is 0 Å². The third kappa shape index (κ3) is 4.86. The van der Waals surface area contributed by atoms with Gasteiger partial charge in [0.2, 0.25) is 0 Å². The summed E-state index contributed by atoms with van der Waals surface area (Å²) in [5, 5.41) is 10.8. The minimum atomic E-state index is -0.125. The van der Waals surface area contributed by atoms with E-state index < -0.39 is 0 Å². The fourth-order valence-electron chi connectivity index (χ4n) is 1.55. The minimum Gasteiger partial charge on any atom is -0.312 e. The lowest BCUT2D eigenvalue weighted by molar-refractivity contribution is 0.427. The molecular weight excluding hydrogens is 248 g/mol. The highest BCUT2D eigenvalue weighted by Gasteiger charge is 2.12. The number of hydrogen-bond acceptors (Lipinski definition) is 4. The molecule has 5 nitrogen and oxygen atoms in total. The molecule has 0 aliphatic heterocycles. The summed E-state index contributed by atoms with van der Waals surface area (Å²) in [5.41, 5.74) is 0.0390. The summed E-state index contributed by atoms with van der Waals surface area (Å²) in [5.74, 6) is 0.958. The molecule has 18 heavy (non-hydrogen) atoms. The van der Waals surface area contributed by atoms with Gasteiger partial charge in [-0.05, 0) is 47.6 Å². The maximum atomic E-state index is 11.5. The topological polar surface area (TPSA) is 62.7 Å². The van der Waals surface area contributed by atoms with Gasteiger partial charge in [-0.1, -0.05) is 11.8 Å². The molecule has 0 amide bonds. The van der Waals surface area contributed by atoms with E-state index in [1.165, 1.54) is 0 Å². The fraction of sp³-hybridized carbons (Fsp3) is 0.833. The smallest absolute Gasteiger partial charge is 0.312 e. The molecule has 0 atom stereocenters. The predicted octanol–water partition coefficient (Wildman–Crippen LogP) is 2.02. The average Bonchev–Trinajstić information content (AvgIpc) is 2.57. The molecule has 0 bridgehead atoms. The quantitative estimate of drug-likeness (QED) is 0.614. The van der Waals surface area contributed by atoms with Crippen LogP contribution >= 0.6 is 11.8 Å². The second-order valence-corrected chi connectivity index (χ2v) is 6.72. The van der Waals surface area contributed by atoms with Crippen LogP contribution in [0.3, 0.4) is 0 Å². The van der Waals surface area contributed by atoms with E-state index in [0.29, 0.717) is 0 Å². The molecule has 104 valence electrons. The SMILES string of the molecule is CC(C)n1c(SCCCNC(C)(C)C)n[nH]c1=O. The number of hydrogen-bond donors (Lipinski definition) is 2. The van der Waals surface area contributed by atoms with E-state index in [1.807, 2.05) is 13.8 Å². The van der Waals surface area contributed by atoms with Gasteiger partial charge in [-0.2, -0.15) is 0 Å². The Balaban J connectivity index is 2.38. The van der Waals surface area contributed by atoms with Gasteiger partial charge in [-0.25, -0.2) is 9.89 Å². The lowest BCUT2D eigenvalue weighted by Crippen LogP contribution is -2.36. The standard InChI is InChI=1S/C12H24N4OS/c1-9(2)16-10(17)14-15-11(16)18-8-6-7-13-12(3,4)5/h9,13H,6-8H2,1-5H3,(H,14,17). The molecule has 0 spiro atoms. The molecule has 0 fully saturated rings. The van der Waals surface area contributed by atoms with Crippen LogP contribution in [0.25, 0.3) is 0 Å². The van der Waals surface area contributed by atoms with Crippen LogP contribution < -0.4 is 11.0 Å². The van der Waals surface area contributed by atoms with Gasteiger partial charge in [0.05, 0.1) is 0 Å². The van der Waals surface area contributed by atoms with Crippen molar-refractivity contribution in [2.75, 3.05) is 12.3 Å². The molecular formula is C12H24N4OS. The zero-order valence-corrected chi connectivity index (χ0v) is 12.7. The van der Waals surface area contributed by atoms with Crippen LogP contribution in [-0.4, -0.2) is 32.6 Å². The van der Waals surface area contributed by atoms with Gasteiger partial charge in [0, 0.05) is 17.3 Å². The number of nitrogens with zero attached hydrogens (tertiary/aromatic N) is 2. The zero-order valence-electron chi connectivity index (χ0n) is 11.9. The van der Waals surface area contributed by atoms with Gasteiger partial charge in [0.15, 0.2) is 5.16 Å². The van der Waals surface area contributed by atoms with Crippen molar-refractivity contribution in [3.63, 3.8) is 0 Å². The van der Waals surface area contributed by atoms with Crippen LogP contribution in [-0.2, 0) is 0 Å². The first-order valence-corrected chi connectivity index (χ1v) is 7.34. The monoisotopic (exact) mass is 272 g/mol. The maximum Gasteiger partial charge on any atom is 0.344 e. The molecule has 0 radical (unpaired) electrons. The van der Waals surface area contributed by atoms with Crippen LogP contribution in [0.15, 0.2) is 9.95 Å². The van der Waals surface area contributed by atoms with E-state index in [0.717, 1.165) is 23.9 Å². The molecule has 1 aromatic rings. The van der Waals surface area contributed by atoms with Crippen molar-refractivity contribution in [1.82, 2.24) is 20.1 Å². The van der Waals surface area contributed by atoms with Crippen LogP contribution in [0.1, 0.15) is 47.1 Å². The van der Waals surface area contributed by atoms with Crippen LogP contribution in [0.5, 0.6) is 0 Å². The molecule has 0 aromatic carbocycles. The predicted molar refractivity (Wildman–Crippen MR) is 76.3 cm³/mol.